The van der Waals surface area contributed by atoms with Crippen molar-refractivity contribution in [2.45, 2.75) is 13.0 Å². The molecule has 0 aliphatic carbocycles. The molecule has 0 aromatic carbocycles. The summed E-state index contributed by atoms with van der Waals surface area (Å²) >= 11 is 1.71. The average Bonchev–Trinajstić information content (AvgIpc) is 2.28. The third kappa shape index (κ3) is 3.26. The quantitative estimate of drug-likeness (QED) is 0.831. The second kappa shape index (κ2) is 5.77. The number of rotatable bonds is 5. The summed E-state index contributed by atoms with van der Waals surface area (Å²) in [6, 6.07) is 1.65. The predicted octanol–water partition coefficient (Wildman–Crippen LogP) is 1.55. The van der Waals surface area contributed by atoms with E-state index in [0.29, 0.717) is 11.5 Å². The third-order valence-electron chi connectivity index (χ3n) is 2.52. The molecule has 0 radical (unpaired) electrons. The second-order valence-corrected chi connectivity index (χ2v) is 4.77. The van der Waals surface area contributed by atoms with Crippen LogP contribution in [-0.4, -0.2) is 41.2 Å². The van der Waals surface area contributed by atoms with Crippen molar-refractivity contribution in [3.8, 4) is 0 Å². The lowest BCUT2D eigenvalue weighted by Crippen LogP contribution is -2.33. The van der Waals surface area contributed by atoms with Crippen molar-refractivity contribution < 1.29 is 9.90 Å². The van der Waals surface area contributed by atoms with Crippen LogP contribution in [0.3, 0.4) is 0 Å². The number of carbonyl (C=O) groups is 1. The van der Waals surface area contributed by atoms with Crippen molar-refractivity contribution >= 4 is 29.2 Å². The minimum atomic E-state index is -1.01. The van der Waals surface area contributed by atoms with Crippen molar-refractivity contribution in [3.63, 3.8) is 0 Å². The van der Waals surface area contributed by atoms with Crippen LogP contribution < -0.4 is 10.6 Å². The van der Waals surface area contributed by atoms with Gasteiger partial charge in [0, 0.05) is 18.8 Å². The number of nitrogens with zero attached hydrogens (tertiary/aromatic N) is 2. The summed E-state index contributed by atoms with van der Waals surface area (Å²) in [5, 5.41) is 9.12. The van der Waals surface area contributed by atoms with Crippen LogP contribution in [0.25, 0.3) is 0 Å². The molecule has 1 rings (SSSR count). The van der Waals surface area contributed by atoms with Gasteiger partial charge < -0.3 is 15.7 Å². The molecule has 0 aliphatic rings. The summed E-state index contributed by atoms with van der Waals surface area (Å²) in [4.78, 5) is 17.1. The van der Waals surface area contributed by atoms with Crippen molar-refractivity contribution in [2.24, 2.45) is 0 Å². The van der Waals surface area contributed by atoms with Crippen LogP contribution >= 0.6 is 11.8 Å². The lowest BCUT2D eigenvalue weighted by molar-refractivity contribution is 0.0697. The number of pyridine rings is 1. The van der Waals surface area contributed by atoms with E-state index in [-0.39, 0.29) is 11.6 Å². The molecule has 0 amide bonds. The van der Waals surface area contributed by atoms with Gasteiger partial charge in [-0.05, 0) is 19.2 Å². The van der Waals surface area contributed by atoms with Crippen molar-refractivity contribution in [1.29, 1.82) is 0 Å². The van der Waals surface area contributed by atoms with Gasteiger partial charge in [-0.2, -0.15) is 11.8 Å². The number of aromatic carboxylic acids is 1. The minimum absolute atomic E-state index is 0.139. The molecule has 5 nitrogen and oxygen atoms in total. The largest absolute Gasteiger partial charge is 0.478 e. The van der Waals surface area contributed by atoms with E-state index in [0.717, 1.165) is 5.75 Å². The summed E-state index contributed by atoms with van der Waals surface area (Å²) in [7, 11) is 1.84. The Labute approximate surface area is 105 Å². The van der Waals surface area contributed by atoms with E-state index in [1.807, 2.05) is 25.1 Å². The number of thioether (sulfide) groups is 1. The van der Waals surface area contributed by atoms with Gasteiger partial charge in [-0.15, -0.1) is 0 Å². The van der Waals surface area contributed by atoms with Gasteiger partial charge >= 0.3 is 5.97 Å². The van der Waals surface area contributed by atoms with Crippen LogP contribution in [0, 0.1) is 0 Å². The molecular formula is C11H17N3O2S. The highest BCUT2D eigenvalue weighted by Gasteiger charge is 2.18. The molecule has 6 heteroatoms. The highest BCUT2D eigenvalue weighted by Crippen LogP contribution is 2.21. The van der Waals surface area contributed by atoms with Crippen molar-refractivity contribution in [1.82, 2.24) is 4.98 Å². The van der Waals surface area contributed by atoms with Gasteiger partial charge in [0.15, 0.2) is 0 Å². The number of aromatic nitrogens is 1. The SMILES string of the molecule is CSCC(C)N(C)c1ncc(N)cc1C(=O)O. The highest BCUT2D eigenvalue weighted by molar-refractivity contribution is 7.98. The zero-order valence-corrected chi connectivity index (χ0v) is 11.0. The first-order chi connectivity index (χ1) is 7.97. The molecule has 0 aliphatic heterocycles. The number of carboxylic acid groups (broad SMARTS) is 1. The summed E-state index contributed by atoms with van der Waals surface area (Å²) in [6.45, 7) is 2.03. The molecule has 0 fully saturated rings. The Bertz CT molecular complexity index is 412. The molecule has 3 N–H and O–H groups in total. The van der Waals surface area contributed by atoms with E-state index < -0.39 is 5.97 Å². The molecule has 17 heavy (non-hydrogen) atoms. The van der Waals surface area contributed by atoms with Gasteiger partial charge in [0.1, 0.15) is 11.4 Å². The molecule has 1 aromatic heterocycles. The van der Waals surface area contributed by atoms with Crippen molar-refractivity contribution in [2.75, 3.05) is 29.7 Å². The van der Waals surface area contributed by atoms with Crippen LogP contribution in [-0.2, 0) is 0 Å². The van der Waals surface area contributed by atoms with E-state index in [2.05, 4.69) is 4.98 Å². The molecule has 0 saturated heterocycles. The standard InChI is InChI=1S/C11H17N3O2S/c1-7(6-17-3)14(2)10-9(11(15)16)4-8(12)5-13-10/h4-5,7H,6,12H2,1-3H3,(H,15,16). The normalized spacial score (nSPS) is 12.2. The lowest BCUT2D eigenvalue weighted by atomic mass is 10.2. The molecule has 0 bridgehead atoms. The second-order valence-electron chi connectivity index (χ2n) is 3.86. The number of hydrogen-bond acceptors (Lipinski definition) is 5. The smallest absolute Gasteiger partial charge is 0.339 e. The molecule has 0 spiro atoms. The first-order valence-corrected chi connectivity index (χ1v) is 6.57. The van der Waals surface area contributed by atoms with Crippen molar-refractivity contribution in [3.05, 3.63) is 17.8 Å². The van der Waals surface area contributed by atoms with Gasteiger partial charge in [0.2, 0.25) is 0 Å². The fourth-order valence-corrected chi connectivity index (χ4v) is 2.18. The molecule has 1 aromatic rings. The topological polar surface area (TPSA) is 79.5 Å². The van der Waals surface area contributed by atoms with E-state index in [4.69, 9.17) is 10.8 Å². The van der Waals surface area contributed by atoms with Gasteiger partial charge in [-0.25, -0.2) is 9.78 Å². The summed E-state index contributed by atoms with van der Waals surface area (Å²) in [6.07, 6.45) is 3.49. The minimum Gasteiger partial charge on any atom is -0.478 e. The Balaban J connectivity index is 3.08. The number of anilines is 2. The summed E-state index contributed by atoms with van der Waals surface area (Å²) in [5.41, 5.74) is 6.05. The maximum atomic E-state index is 11.1. The number of nitrogen functional groups attached to an aromatic ring is 1. The zero-order valence-electron chi connectivity index (χ0n) is 10.2. The Hall–Kier alpha value is -1.43. The van der Waals surface area contributed by atoms with E-state index in [9.17, 15) is 4.79 Å². The number of hydrogen-bond donors (Lipinski definition) is 2. The Morgan fingerprint density at radius 3 is 2.88 bits per heavy atom. The Morgan fingerprint density at radius 1 is 1.71 bits per heavy atom. The highest BCUT2D eigenvalue weighted by atomic mass is 32.2. The maximum Gasteiger partial charge on any atom is 0.339 e. The molecule has 94 valence electrons. The number of nitrogens with two attached hydrogens (primary N) is 1. The zero-order chi connectivity index (χ0) is 13.0. The van der Waals surface area contributed by atoms with Gasteiger partial charge in [0.25, 0.3) is 0 Å². The third-order valence-corrected chi connectivity index (χ3v) is 3.34. The first-order valence-electron chi connectivity index (χ1n) is 5.18. The summed E-state index contributed by atoms with van der Waals surface area (Å²) < 4.78 is 0. The molecular weight excluding hydrogens is 238 g/mol. The fraction of sp³-hybridized carbons (Fsp3) is 0.455. The van der Waals surface area contributed by atoms with Gasteiger partial charge in [-0.3, -0.25) is 0 Å². The van der Waals surface area contributed by atoms with E-state index in [1.54, 1.807) is 11.8 Å². The molecule has 1 atom stereocenters. The maximum absolute atomic E-state index is 11.1. The molecule has 0 saturated carbocycles. The lowest BCUT2D eigenvalue weighted by Gasteiger charge is -2.26. The fourth-order valence-electron chi connectivity index (χ4n) is 1.47. The predicted molar refractivity (Wildman–Crippen MR) is 71.9 cm³/mol. The van der Waals surface area contributed by atoms with Crippen LogP contribution in [0.5, 0.6) is 0 Å². The van der Waals surface area contributed by atoms with Gasteiger partial charge in [0.05, 0.1) is 11.9 Å². The van der Waals surface area contributed by atoms with Crippen LogP contribution in [0.1, 0.15) is 17.3 Å². The Kier molecular flexibility index (Phi) is 4.62. The molecule has 1 unspecified atom stereocenters. The molecule has 1 heterocycles. The monoisotopic (exact) mass is 255 g/mol. The van der Waals surface area contributed by atoms with E-state index >= 15 is 0 Å². The van der Waals surface area contributed by atoms with Crippen LogP contribution in [0.15, 0.2) is 12.3 Å². The first kappa shape index (κ1) is 13.6. The van der Waals surface area contributed by atoms with Crippen LogP contribution in [0.4, 0.5) is 11.5 Å². The van der Waals surface area contributed by atoms with E-state index in [1.165, 1.54) is 12.3 Å². The average molecular weight is 255 g/mol. The van der Waals surface area contributed by atoms with Gasteiger partial charge in [-0.1, -0.05) is 0 Å². The summed E-state index contributed by atoms with van der Waals surface area (Å²) in [5.74, 6) is 0.345. The number of carboxylic acids is 1. The van der Waals surface area contributed by atoms with Crippen LogP contribution in [0.2, 0.25) is 0 Å². The Morgan fingerprint density at radius 2 is 2.35 bits per heavy atom.